The summed E-state index contributed by atoms with van der Waals surface area (Å²) in [5.41, 5.74) is 0.308. The van der Waals surface area contributed by atoms with Crippen molar-refractivity contribution in [1.82, 2.24) is 14.8 Å². The smallest absolute Gasteiger partial charge is 0.224 e. The Labute approximate surface area is 105 Å². The van der Waals surface area contributed by atoms with E-state index in [4.69, 9.17) is 0 Å². The molecule has 0 saturated heterocycles. The maximum absolute atomic E-state index is 4.31. The van der Waals surface area contributed by atoms with E-state index in [1.807, 2.05) is 0 Å². The lowest BCUT2D eigenvalue weighted by molar-refractivity contribution is 0.254. The molecule has 0 amide bonds. The van der Waals surface area contributed by atoms with Crippen molar-refractivity contribution in [2.24, 2.45) is 11.3 Å². The summed E-state index contributed by atoms with van der Waals surface area (Å²) in [7, 11) is 0. The quantitative estimate of drug-likeness (QED) is 0.857. The van der Waals surface area contributed by atoms with Crippen LogP contribution in [0.1, 0.15) is 47.4 Å². The summed E-state index contributed by atoms with van der Waals surface area (Å²) in [6.07, 6.45) is 0.982. The second-order valence-corrected chi connectivity index (χ2v) is 5.69. The van der Waals surface area contributed by atoms with Crippen LogP contribution >= 0.6 is 0 Å². The highest BCUT2D eigenvalue weighted by molar-refractivity contribution is 5.25. The van der Waals surface area contributed by atoms with Crippen molar-refractivity contribution >= 4 is 5.95 Å². The molecule has 1 rings (SSSR count). The van der Waals surface area contributed by atoms with E-state index in [-0.39, 0.29) is 0 Å². The Morgan fingerprint density at radius 2 is 1.88 bits per heavy atom. The van der Waals surface area contributed by atoms with Crippen LogP contribution in [0.3, 0.4) is 0 Å². The molecule has 1 unspecified atom stereocenters. The monoisotopic (exact) mass is 238 g/mol. The van der Waals surface area contributed by atoms with Gasteiger partial charge >= 0.3 is 0 Å². The molecule has 0 bridgehead atoms. The topological polar surface area (TPSA) is 42.7 Å². The van der Waals surface area contributed by atoms with Crippen LogP contribution in [-0.2, 0) is 13.0 Å². The zero-order valence-corrected chi connectivity index (χ0v) is 12.0. The average Bonchev–Trinajstić information content (AvgIpc) is 2.60. The summed E-state index contributed by atoms with van der Waals surface area (Å²) in [6, 6.07) is 0. The van der Waals surface area contributed by atoms with Gasteiger partial charge in [0.1, 0.15) is 5.82 Å². The van der Waals surface area contributed by atoms with Crippen LogP contribution in [0.4, 0.5) is 5.95 Å². The van der Waals surface area contributed by atoms with Gasteiger partial charge in [-0.05, 0) is 25.2 Å². The lowest BCUT2D eigenvalue weighted by atomic mass is 9.80. The fourth-order valence-electron chi connectivity index (χ4n) is 1.69. The first-order valence-electron chi connectivity index (χ1n) is 6.56. The molecule has 0 radical (unpaired) electrons. The van der Waals surface area contributed by atoms with Crippen molar-refractivity contribution in [3.63, 3.8) is 0 Å². The Morgan fingerprint density at radius 3 is 2.35 bits per heavy atom. The van der Waals surface area contributed by atoms with E-state index in [1.165, 1.54) is 0 Å². The van der Waals surface area contributed by atoms with Gasteiger partial charge in [0.15, 0.2) is 0 Å². The SMILES string of the molecule is CCNc1nnc(CC(C)C(C)(C)C)n1CC. The Bertz CT molecular complexity index is 349. The first-order valence-corrected chi connectivity index (χ1v) is 6.56. The van der Waals surface area contributed by atoms with Gasteiger partial charge in [-0.15, -0.1) is 10.2 Å². The maximum atomic E-state index is 4.31. The molecule has 1 aromatic rings. The third kappa shape index (κ3) is 3.45. The zero-order chi connectivity index (χ0) is 13.1. The summed E-state index contributed by atoms with van der Waals surface area (Å²) in [5, 5.41) is 11.8. The molecule has 4 nitrogen and oxygen atoms in total. The molecule has 1 heterocycles. The van der Waals surface area contributed by atoms with Gasteiger partial charge < -0.3 is 5.32 Å². The maximum Gasteiger partial charge on any atom is 0.224 e. The van der Waals surface area contributed by atoms with Crippen molar-refractivity contribution in [2.45, 2.75) is 54.5 Å². The molecule has 1 N–H and O–H groups in total. The lowest BCUT2D eigenvalue weighted by Gasteiger charge is -2.26. The number of hydrogen-bond acceptors (Lipinski definition) is 3. The molecule has 0 aliphatic carbocycles. The molecule has 0 aliphatic heterocycles. The summed E-state index contributed by atoms with van der Waals surface area (Å²) < 4.78 is 2.17. The zero-order valence-electron chi connectivity index (χ0n) is 12.0. The molecule has 0 saturated carbocycles. The van der Waals surface area contributed by atoms with E-state index in [9.17, 15) is 0 Å². The summed E-state index contributed by atoms with van der Waals surface area (Å²) in [5.74, 6) is 2.57. The minimum absolute atomic E-state index is 0.308. The highest BCUT2D eigenvalue weighted by Crippen LogP contribution is 2.28. The van der Waals surface area contributed by atoms with Crippen LogP contribution in [0.5, 0.6) is 0 Å². The first kappa shape index (κ1) is 14.0. The van der Waals surface area contributed by atoms with Gasteiger partial charge in [-0.1, -0.05) is 27.7 Å². The van der Waals surface area contributed by atoms with Gasteiger partial charge in [0.25, 0.3) is 0 Å². The van der Waals surface area contributed by atoms with E-state index >= 15 is 0 Å². The van der Waals surface area contributed by atoms with Gasteiger partial charge in [0, 0.05) is 19.5 Å². The second kappa shape index (κ2) is 5.52. The van der Waals surface area contributed by atoms with Crippen LogP contribution in [-0.4, -0.2) is 21.3 Å². The van der Waals surface area contributed by atoms with E-state index in [0.717, 1.165) is 31.3 Å². The van der Waals surface area contributed by atoms with E-state index in [1.54, 1.807) is 0 Å². The number of hydrogen-bond donors (Lipinski definition) is 1. The Kier molecular flexibility index (Phi) is 4.54. The predicted octanol–water partition coefficient (Wildman–Crippen LogP) is 2.95. The summed E-state index contributed by atoms with van der Waals surface area (Å²) in [4.78, 5) is 0. The molecule has 0 aromatic carbocycles. The molecule has 1 atom stereocenters. The van der Waals surface area contributed by atoms with Crippen molar-refractivity contribution in [3.8, 4) is 0 Å². The van der Waals surface area contributed by atoms with Crippen LogP contribution in [0, 0.1) is 11.3 Å². The molecule has 1 aromatic heterocycles. The number of aromatic nitrogens is 3. The summed E-state index contributed by atoms with van der Waals surface area (Å²) >= 11 is 0. The highest BCUT2D eigenvalue weighted by atomic mass is 15.3. The summed E-state index contributed by atoms with van der Waals surface area (Å²) in [6.45, 7) is 15.1. The van der Waals surface area contributed by atoms with Gasteiger partial charge in [-0.3, -0.25) is 4.57 Å². The van der Waals surface area contributed by atoms with Crippen molar-refractivity contribution < 1.29 is 0 Å². The molecular weight excluding hydrogens is 212 g/mol. The highest BCUT2D eigenvalue weighted by Gasteiger charge is 2.23. The van der Waals surface area contributed by atoms with Crippen LogP contribution in [0.2, 0.25) is 0 Å². The third-order valence-electron chi connectivity index (χ3n) is 3.45. The van der Waals surface area contributed by atoms with E-state index < -0.39 is 0 Å². The predicted molar refractivity (Wildman–Crippen MR) is 72.2 cm³/mol. The first-order chi connectivity index (χ1) is 7.90. The number of anilines is 1. The number of nitrogens with one attached hydrogen (secondary N) is 1. The minimum atomic E-state index is 0.308. The Balaban J connectivity index is 2.84. The molecule has 0 aliphatic rings. The van der Waals surface area contributed by atoms with E-state index in [2.05, 4.69) is 61.6 Å². The molecular formula is C13H26N4. The third-order valence-corrected chi connectivity index (χ3v) is 3.45. The molecule has 4 heteroatoms. The average molecular weight is 238 g/mol. The van der Waals surface area contributed by atoms with E-state index in [0.29, 0.717) is 11.3 Å². The molecule has 17 heavy (non-hydrogen) atoms. The van der Waals surface area contributed by atoms with Crippen molar-refractivity contribution in [1.29, 1.82) is 0 Å². The Hall–Kier alpha value is -1.06. The molecule has 0 spiro atoms. The van der Waals surface area contributed by atoms with Crippen LogP contribution in [0.25, 0.3) is 0 Å². The molecule has 98 valence electrons. The normalized spacial score (nSPS) is 13.8. The van der Waals surface area contributed by atoms with Gasteiger partial charge in [0.2, 0.25) is 5.95 Å². The number of nitrogens with zero attached hydrogens (tertiary/aromatic N) is 3. The minimum Gasteiger partial charge on any atom is -0.355 e. The lowest BCUT2D eigenvalue weighted by Crippen LogP contribution is -2.21. The largest absolute Gasteiger partial charge is 0.355 e. The van der Waals surface area contributed by atoms with Crippen molar-refractivity contribution in [3.05, 3.63) is 5.82 Å². The number of rotatable bonds is 5. The van der Waals surface area contributed by atoms with Gasteiger partial charge in [-0.2, -0.15) is 0 Å². The Morgan fingerprint density at radius 1 is 1.24 bits per heavy atom. The van der Waals surface area contributed by atoms with Crippen LogP contribution < -0.4 is 5.32 Å². The standard InChI is InChI=1S/C13H26N4/c1-7-14-12-16-15-11(17(12)8-2)9-10(3)13(4,5)6/h10H,7-9H2,1-6H3,(H,14,16). The van der Waals surface area contributed by atoms with Crippen LogP contribution in [0.15, 0.2) is 0 Å². The fraction of sp³-hybridized carbons (Fsp3) is 0.846. The van der Waals surface area contributed by atoms with Gasteiger partial charge in [-0.25, -0.2) is 0 Å². The fourth-order valence-corrected chi connectivity index (χ4v) is 1.69. The molecule has 0 fully saturated rings. The van der Waals surface area contributed by atoms with Crippen molar-refractivity contribution in [2.75, 3.05) is 11.9 Å². The second-order valence-electron chi connectivity index (χ2n) is 5.69. The van der Waals surface area contributed by atoms with Gasteiger partial charge in [0.05, 0.1) is 0 Å².